The second kappa shape index (κ2) is 6.14. The first-order valence-electron chi connectivity index (χ1n) is 6.97. The fourth-order valence-electron chi connectivity index (χ4n) is 2.83. The number of aldehydes is 1. The van der Waals surface area contributed by atoms with Crippen LogP contribution in [-0.2, 0) is 6.42 Å². The highest BCUT2D eigenvalue weighted by atomic mass is 16.1. The molecule has 18 heavy (non-hydrogen) atoms. The van der Waals surface area contributed by atoms with Gasteiger partial charge < -0.3 is 5.32 Å². The molecule has 1 saturated heterocycles. The largest absolute Gasteiger partial charge is 0.317 e. The van der Waals surface area contributed by atoms with E-state index in [0.717, 1.165) is 29.8 Å². The molecule has 1 N–H and O–H groups in total. The molecule has 98 valence electrons. The van der Waals surface area contributed by atoms with E-state index in [1.807, 2.05) is 13.0 Å². The van der Waals surface area contributed by atoms with Crippen molar-refractivity contribution >= 4 is 6.29 Å². The smallest absolute Gasteiger partial charge is 0.150 e. The Hall–Kier alpha value is -1.15. The van der Waals surface area contributed by atoms with E-state index in [4.69, 9.17) is 0 Å². The molecule has 1 aromatic rings. The predicted octanol–water partition coefficient (Wildman–Crippen LogP) is 3.05. The van der Waals surface area contributed by atoms with E-state index in [0.29, 0.717) is 0 Å². The summed E-state index contributed by atoms with van der Waals surface area (Å²) < 4.78 is 0. The van der Waals surface area contributed by atoms with Gasteiger partial charge in [-0.2, -0.15) is 0 Å². The summed E-state index contributed by atoms with van der Waals surface area (Å²) in [5.41, 5.74) is 4.69. The molecule has 1 aromatic carbocycles. The number of hydrogen-bond donors (Lipinski definition) is 1. The third kappa shape index (κ3) is 2.99. The molecule has 2 nitrogen and oxygen atoms in total. The molecule has 1 aliphatic heterocycles. The molecule has 0 radical (unpaired) electrons. The third-order valence-corrected chi connectivity index (χ3v) is 4.35. The van der Waals surface area contributed by atoms with Gasteiger partial charge in [-0.3, -0.25) is 4.79 Å². The van der Waals surface area contributed by atoms with E-state index >= 15 is 0 Å². The van der Waals surface area contributed by atoms with Gasteiger partial charge in [-0.25, -0.2) is 0 Å². The lowest BCUT2D eigenvalue weighted by Crippen LogP contribution is -2.27. The van der Waals surface area contributed by atoms with Crippen LogP contribution >= 0.6 is 0 Å². The summed E-state index contributed by atoms with van der Waals surface area (Å²) in [5, 5.41) is 3.41. The van der Waals surface area contributed by atoms with Crippen LogP contribution in [0, 0.1) is 19.8 Å². The fraction of sp³-hybridized carbons (Fsp3) is 0.562. The average molecular weight is 245 g/mol. The topological polar surface area (TPSA) is 29.1 Å². The van der Waals surface area contributed by atoms with Gasteiger partial charge in [0.1, 0.15) is 6.29 Å². The van der Waals surface area contributed by atoms with E-state index in [1.54, 1.807) is 0 Å². The first-order valence-corrected chi connectivity index (χ1v) is 6.97. The standard InChI is InChI=1S/C16H23NO/c1-12-13(2)16(11-18)6-5-15(12)4-3-14-7-9-17-10-8-14/h5-6,11,14,17H,3-4,7-10H2,1-2H3. The zero-order valence-electron chi connectivity index (χ0n) is 11.5. The van der Waals surface area contributed by atoms with Gasteiger partial charge in [0, 0.05) is 5.56 Å². The van der Waals surface area contributed by atoms with Crippen LogP contribution < -0.4 is 5.32 Å². The van der Waals surface area contributed by atoms with E-state index in [2.05, 4.69) is 18.3 Å². The number of carbonyl (C=O) groups excluding carboxylic acids is 1. The van der Waals surface area contributed by atoms with Crippen LogP contribution in [-0.4, -0.2) is 19.4 Å². The highest BCUT2D eigenvalue weighted by Gasteiger charge is 2.14. The molecule has 1 fully saturated rings. The lowest BCUT2D eigenvalue weighted by atomic mass is 9.89. The first kappa shape index (κ1) is 13.3. The molecule has 0 aliphatic carbocycles. The van der Waals surface area contributed by atoms with Gasteiger partial charge in [0.2, 0.25) is 0 Å². The van der Waals surface area contributed by atoms with Gasteiger partial charge in [0.05, 0.1) is 0 Å². The molecule has 0 saturated carbocycles. The van der Waals surface area contributed by atoms with Crippen molar-refractivity contribution < 1.29 is 4.79 Å². The summed E-state index contributed by atoms with van der Waals surface area (Å²) in [4.78, 5) is 10.9. The fourth-order valence-corrected chi connectivity index (χ4v) is 2.83. The summed E-state index contributed by atoms with van der Waals surface area (Å²) in [6, 6.07) is 4.10. The van der Waals surface area contributed by atoms with Crippen molar-refractivity contribution in [2.24, 2.45) is 5.92 Å². The number of carbonyl (C=O) groups is 1. The van der Waals surface area contributed by atoms with Crippen molar-refractivity contribution in [2.45, 2.75) is 39.5 Å². The van der Waals surface area contributed by atoms with Gasteiger partial charge in [-0.1, -0.05) is 12.1 Å². The summed E-state index contributed by atoms with van der Waals surface area (Å²) in [7, 11) is 0. The number of hydrogen-bond acceptors (Lipinski definition) is 2. The van der Waals surface area contributed by atoms with Crippen molar-refractivity contribution in [1.29, 1.82) is 0 Å². The maximum absolute atomic E-state index is 10.9. The van der Waals surface area contributed by atoms with Gasteiger partial charge in [-0.15, -0.1) is 0 Å². The zero-order chi connectivity index (χ0) is 13.0. The number of benzene rings is 1. The van der Waals surface area contributed by atoms with Gasteiger partial charge in [-0.05, 0) is 75.2 Å². The van der Waals surface area contributed by atoms with Crippen molar-refractivity contribution in [3.05, 3.63) is 34.4 Å². The maximum atomic E-state index is 10.9. The van der Waals surface area contributed by atoms with E-state index < -0.39 is 0 Å². The lowest BCUT2D eigenvalue weighted by molar-refractivity contribution is 0.112. The van der Waals surface area contributed by atoms with Crippen molar-refractivity contribution in [2.75, 3.05) is 13.1 Å². The molecule has 1 aliphatic rings. The van der Waals surface area contributed by atoms with Gasteiger partial charge in [0.25, 0.3) is 0 Å². The van der Waals surface area contributed by atoms with Gasteiger partial charge >= 0.3 is 0 Å². The van der Waals surface area contributed by atoms with Crippen molar-refractivity contribution in [3.8, 4) is 0 Å². The Labute approximate surface area is 110 Å². The van der Waals surface area contributed by atoms with E-state index in [9.17, 15) is 4.79 Å². The predicted molar refractivity (Wildman–Crippen MR) is 75.2 cm³/mol. The molecule has 0 amide bonds. The Bertz CT molecular complexity index is 419. The van der Waals surface area contributed by atoms with Crippen LogP contribution in [0.15, 0.2) is 12.1 Å². The van der Waals surface area contributed by atoms with Crippen molar-refractivity contribution in [1.82, 2.24) is 5.32 Å². The molecular weight excluding hydrogens is 222 g/mol. The molecule has 0 atom stereocenters. The number of aryl methyl sites for hydroxylation is 1. The summed E-state index contributed by atoms with van der Waals surface area (Å²) >= 11 is 0. The molecule has 0 unspecified atom stereocenters. The van der Waals surface area contributed by atoms with Crippen LogP contribution in [0.3, 0.4) is 0 Å². The minimum Gasteiger partial charge on any atom is -0.317 e. The Morgan fingerprint density at radius 2 is 1.94 bits per heavy atom. The zero-order valence-corrected chi connectivity index (χ0v) is 11.5. The second-order valence-electron chi connectivity index (χ2n) is 5.41. The second-order valence-corrected chi connectivity index (χ2v) is 5.41. The lowest BCUT2D eigenvalue weighted by Gasteiger charge is -2.23. The average Bonchev–Trinajstić information content (AvgIpc) is 2.42. The maximum Gasteiger partial charge on any atom is 0.150 e. The van der Waals surface area contributed by atoms with Crippen LogP contribution in [0.1, 0.15) is 46.3 Å². The molecule has 2 rings (SSSR count). The number of nitrogens with one attached hydrogen (secondary N) is 1. The SMILES string of the molecule is Cc1c(C=O)ccc(CCC2CCNCC2)c1C. The van der Waals surface area contributed by atoms with Crippen LogP contribution in [0.25, 0.3) is 0 Å². The molecule has 0 aromatic heterocycles. The summed E-state index contributed by atoms with van der Waals surface area (Å²) in [6.07, 6.45) is 6.01. The Balaban J connectivity index is 2.00. The number of rotatable bonds is 4. The monoisotopic (exact) mass is 245 g/mol. The highest BCUT2D eigenvalue weighted by molar-refractivity contribution is 5.78. The first-order chi connectivity index (χ1) is 8.72. The Morgan fingerprint density at radius 3 is 2.61 bits per heavy atom. The van der Waals surface area contributed by atoms with Gasteiger partial charge in [0.15, 0.2) is 0 Å². The third-order valence-electron chi connectivity index (χ3n) is 4.35. The Kier molecular flexibility index (Phi) is 4.54. The summed E-state index contributed by atoms with van der Waals surface area (Å²) in [5.74, 6) is 0.872. The van der Waals surface area contributed by atoms with Crippen molar-refractivity contribution in [3.63, 3.8) is 0 Å². The Morgan fingerprint density at radius 1 is 1.22 bits per heavy atom. The molecule has 1 heterocycles. The quantitative estimate of drug-likeness (QED) is 0.826. The normalized spacial score (nSPS) is 16.8. The van der Waals surface area contributed by atoms with Crippen LogP contribution in [0.2, 0.25) is 0 Å². The molecule has 2 heteroatoms. The molecule has 0 spiro atoms. The number of piperidine rings is 1. The van der Waals surface area contributed by atoms with Crippen LogP contribution in [0.5, 0.6) is 0 Å². The minimum absolute atomic E-state index is 0.832. The van der Waals surface area contributed by atoms with E-state index in [-0.39, 0.29) is 0 Å². The summed E-state index contributed by atoms with van der Waals surface area (Å²) in [6.45, 7) is 6.53. The minimum atomic E-state index is 0.832. The van der Waals surface area contributed by atoms with E-state index in [1.165, 1.54) is 43.5 Å². The molecular formula is C16H23NO. The molecule has 0 bridgehead atoms. The van der Waals surface area contributed by atoms with Crippen LogP contribution in [0.4, 0.5) is 0 Å². The highest BCUT2D eigenvalue weighted by Crippen LogP contribution is 2.22.